The van der Waals surface area contributed by atoms with Crippen molar-refractivity contribution in [3.63, 3.8) is 0 Å². The predicted molar refractivity (Wildman–Crippen MR) is 131 cm³/mol. The molecule has 0 spiro atoms. The van der Waals surface area contributed by atoms with Crippen LogP contribution in [-0.4, -0.2) is 11.4 Å². The molecule has 0 fully saturated rings. The summed E-state index contributed by atoms with van der Waals surface area (Å²) in [5, 5.41) is 0.886. The van der Waals surface area contributed by atoms with Crippen LogP contribution in [0.25, 0.3) is 0 Å². The summed E-state index contributed by atoms with van der Waals surface area (Å²) in [6.07, 6.45) is 1.81. The normalized spacial score (nSPS) is 19.7. The second-order valence-corrected chi connectivity index (χ2v) is 10.00. The van der Waals surface area contributed by atoms with Crippen molar-refractivity contribution in [2.45, 2.75) is 51.5 Å². The number of nitrogens with zero attached hydrogens (tertiary/aromatic N) is 1. The molecule has 0 bridgehead atoms. The molecule has 1 atom stereocenters. The molecular formula is C27H27Cl2NO. The van der Waals surface area contributed by atoms with Gasteiger partial charge in [0, 0.05) is 21.7 Å². The topological polar surface area (TPSA) is 20.3 Å². The monoisotopic (exact) mass is 451 g/mol. The SMILES string of the molecule is CCc1ccc([C@@]2(C)CC(C)(C)N(C(=O)c3ccc(Cl)cc3Cl)c3ccccc32)cc1. The van der Waals surface area contributed by atoms with Crippen LogP contribution in [-0.2, 0) is 11.8 Å². The van der Waals surface area contributed by atoms with Crippen LogP contribution < -0.4 is 4.90 Å². The van der Waals surface area contributed by atoms with Crippen LogP contribution in [0.5, 0.6) is 0 Å². The third kappa shape index (κ3) is 3.77. The van der Waals surface area contributed by atoms with Gasteiger partial charge in [-0.2, -0.15) is 0 Å². The van der Waals surface area contributed by atoms with Gasteiger partial charge in [-0.05, 0) is 67.6 Å². The number of carbonyl (C=O) groups excluding carboxylic acids is 1. The van der Waals surface area contributed by atoms with E-state index in [-0.39, 0.29) is 11.3 Å². The van der Waals surface area contributed by atoms with Gasteiger partial charge in [0.2, 0.25) is 0 Å². The third-order valence-corrected chi connectivity index (χ3v) is 7.04. The molecule has 3 aromatic carbocycles. The zero-order chi connectivity index (χ0) is 22.4. The highest BCUT2D eigenvalue weighted by Crippen LogP contribution is 2.51. The molecule has 4 rings (SSSR count). The van der Waals surface area contributed by atoms with Crippen molar-refractivity contribution in [1.82, 2.24) is 0 Å². The number of para-hydroxylation sites is 1. The van der Waals surface area contributed by atoms with Gasteiger partial charge in [-0.15, -0.1) is 0 Å². The summed E-state index contributed by atoms with van der Waals surface area (Å²) in [4.78, 5) is 15.6. The Bertz CT molecular complexity index is 1140. The van der Waals surface area contributed by atoms with Crippen molar-refractivity contribution in [3.05, 3.63) is 99.0 Å². The summed E-state index contributed by atoms with van der Waals surface area (Å²) >= 11 is 12.5. The maximum atomic E-state index is 13.7. The van der Waals surface area contributed by atoms with E-state index in [0.29, 0.717) is 15.6 Å². The van der Waals surface area contributed by atoms with E-state index in [4.69, 9.17) is 23.2 Å². The van der Waals surface area contributed by atoms with Gasteiger partial charge in [0.25, 0.3) is 5.91 Å². The quantitative estimate of drug-likeness (QED) is 0.399. The molecule has 160 valence electrons. The molecular weight excluding hydrogens is 425 g/mol. The number of amides is 1. The molecule has 1 aliphatic rings. The van der Waals surface area contributed by atoms with Crippen molar-refractivity contribution in [2.75, 3.05) is 4.90 Å². The van der Waals surface area contributed by atoms with E-state index < -0.39 is 5.54 Å². The molecule has 4 heteroatoms. The summed E-state index contributed by atoms with van der Waals surface area (Å²) in [5.41, 5.74) is 4.49. The van der Waals surface area contributed by atoms with E-state index in [0.717, 1.165) is 24.1 Å². The molecule has 1 amide bonds. The van der Waals surface area contributed by atoms with Crippen LogP contribution in [0.2, 0.25) is 10.0 Å². The van der Waals surface area contributed by atoms with Crippen molar-refractivity contribution < 1.29 is 4.79 Å². The van der Waals surface area contributed by atoms with Gasteiger partial charge in [-0.3, -0.25) is 4.79 Å². The highest BCUT2D eigenvalue weighted by Gasteiger charge is 2.48. The molecule has 0 aliphatic carbocycles. The molecule has 2 nitrogen and oxygen atoms in total. The van der Waals surface area contributed by atoms with Crippen LogP contribution in [0.15, 0.2) is 66.7 Å². The summed E-state index contributed by atoms with van der Waals surface area (Å²) in [6, 6.07) is 22.2. The first-order valence-corrected chi connectivity index (χ1v) is 11.4. The van der Waals surface area contributed by atoms with Crippen LogP contribution in [0.1, 0.15) is 61.2 Å². The number of anilines is 1. The minimum Gasteiger partial charge on any atom is -0.302 e. The third-order valence-electron chi connectivity index (χ3n) is 6.49. The molecule has 0 radical (unpaired) electrons. The first kappa shape index (κ1) is 21.9. The number of hydrogen-bond donors (Lipinski definition) is 0. The average molecular weight is 452 g/mol. The maximum absolute atomic E-state index is 13.7. The molecule has 31 heavy (non-hydrogen) atoms. The Morgan fingerprint density at radius 2 is 1.65 bits per heavy atom. The van der Waals surface area contributed by atoms with E-state index in [2.05, 4.69) is 58.0 Å². The maximum Gasteiger partial charge on any atom is 0.260 e. The van der Waals surface area contributed by atoms with Gasteiger partial charge in [-0.25, -0.2) is 0 Å². The van der Waals surface area contributed by atoms with Gasteiger partial charge in [0.05, 0.1) is 10.6 Å². The highest BCUT2D eigenvalue weighted by atomic mass is 35.5. The fourth-order valence-electron chi connectivity index (χ4n) is 5.03. The van der Waals surface area contributed by atoms with E-state index in [1.54, 1.807) is 18.2 Å². The first-order chi connectivity index (χ1) is 14.7. The Hall–Kier alpha value is -2.29. The number of rotatable bonds is 3. The summed E-state index contributed by atoms with van der Waals surface area (Å²) in [5.74, 6) is -0.109. The minimum atomic E-state index is -0.424. The number of carbonyl (C=O) groups is 1. The van der Waals surface area contributed by atoms with Crippen LogP contribution in [0.3, 0.4) is 0 Å². The number of hydrogen-bond acceptors (Lipinski definition) is 1. The van der Waals surface area contributed by atoms with E-state index in [1.807, 2.05) is 23.1 Å². The molecule has 1 aliphatic heterocycles. The van der Waals surface area contributed by atoms with Crippen LogP contribution >= 0.6 is 23.2 Å². The minimum absolute atomic E-state index is 0.109. The highest BCUT2D eigenvalue weighted by molar-refractivity contribution is 6.37. The average Bonchev–Trinajstić information content (AvgIpc) is 2.73. The summed E-state index contributed by atoms with van der Waals surface area (Å²) < 4.78 is 0. The fraction of sp³-hybridized carbons (Fsp3) is 0.296. The molecule has 0 saturated carbocycles. The fourth-order valence-corrected chi connectivity index (χ4v) is 5.52. The Labute approximate surface area is 194 Å². The van der Waals surface area contributed by atoms with Gasteiger partial charge in [0.15, 0.2) is 0 Å². The smallest absolute Gasteiger partial charge is 0.260 e. The lowest BCUT2D eigenvalue weighted by atomic mass is 9.65. The molecule has 0 aromatic heterocycles. The number of aryl methyl sites for hydroxylation is 1. The Morgan fingerprint density at radius 3 is 2.29 bits per heavy atom. The van der Waals surface area contributed by atoms with Gasteiger partial charge in [-0.1, -0.05) is 79.5 Å². The molecule has 0 N–H and O–H groups in total. The Kier molecular flexibility index (Phi) is 5.66. The van der Waals surface area contributed by atoms with Gasteiger partial charge >= 0.3 is 0 Å². The zero-order valence-corrected chi connectivity index (χ0v) is 19.9. The van der Waals surface area contributed by atoms with Gasteiger partial charge in [0.1, 0.15) is 0 Å². The number of halogens is 2. The second kappa shape index (κ2) is 8.00. The Morgan fingerprint density at radius 1 is 0.968 bits per heavy atom. The van der Waals surface area contributed by atoms with E-state index >= 15 is 0 Å². The lowest BCUT2D eigenvalue weighted by Gasteiger charge is -2.51. The van der Waals surface area contributed by atoms with E-state index in [1.165, 1.54) is 11.1 Å². The standard InChI is InChI=1S/C27H27Cl2NO/c1-5-18-10-12-19(13-11-18)27(4)17-26(2,3)30(24-9-7-6-8-22(24)27)25(31)21-15-14-20(28)16-23(21)29/h6-16H,5,17H2,1-4H3/t27-/m1/s1. The van der Waals surface area contributed by atoms with Crippen LogP contribution in [0.4, 0.5) is 5.69 Å². The lowest BCUT2D eigenvalue weighted by molar-refractivity contribution is 0.0949. The second-order valence-electron chi connectivity index (χ2n) is 9.15. The summed E-state index contributed by atoms with van der Waals surface area (Å²) in [6.45, 7) is 8.71. The van der Waals surface area contributed by atoms with Crippen molar-refractivity contribution in [2.24, 2.45) is 0 Å². The summed E-state index contributed by atoms with van der Waals surface area (Å²) in [7, 11) is 0. The molecule has 0 saturated heterocycles. The number of benzene rings is 3. The zero-order valence-electron chi connectivity index (χ0n) is 18.4. The van der Waals surface area contributed by atoms with Gasteiger partial charge < -0.3 is 4.90 Å². The van der Waals surface area contributed by atoms with Crippen molar-refractivity contribution in [1.29, 1.82) is 0 Å². The number of fused-ring (bicyclic) bond motifs is 1. The Balaban J connectivity index is 1.86. The lowest BCUT2D eigenvalue weighted by Crippen LogP contribution is -2.55. The largest absolute Gasteiger partial charge is 0.302 e. The molecule has 0 unspecified atom stereocenters. The van der Waals surface area contributed by atoms with Crippen molar-refractivity contribution in [3.8, 4) is 0 Å². The van der Waals surface area contributed by atoms with E-state index in [9.17, 15) is 4.79 Å². The molecule has 3 aromatic rings. The molecule has 1 heterocycles. The van der Waals surface area contributed by atoms with Crippen LogP contribution in [0, 0.1) is 0 Å². The predicted octanol–water partition coefficient (Wildman–Crippen LogP) is 7.69. The van der Waals surface area contributed by atoms with Crippen molar-refractivity contribution >= 4 is 34.8 Å². The first-order valence-electron chi connectivity index (χ1n) is 10.7.